The molecule has 3 aromatic rings. The highest BCUT2D eigenvalue weighted by Crippen LogP contribution is 2.37. The minimum absolute atomic E-state index is 0.00753. The fourth-order valence-electron chi connectivity index (χ4n) is 2.42. The van der Waals surface area contributed by atoms with Crippen LogP contribution in [-0.2, 0) is 7.05 Å². The highest BCUT2D eigenvalue weighted by molar-refractivity contribution is 6.38. The average Bonchev–Trinajstić information content (AvgIpc) is 3.07. The Morgan fingerprint density at radius 3 is 2.32 bits per heavy atom. The molecule has 14 heteroatoms. The fourth-order valence-corrected chi connectivity index (χ4v) is 3.23. The Balaban J connectivity index is 1.97. The number of hydrogen-bond acceptors (Lipinski definition) is 6. The number of alkyl halides is 2. The minimum atomic E-state index is -3.21. The second-order valence-corrected chi connectivity index (χ2v) is 7.12. The van der Waals surface area contributed by atoms with E-state index in [2.05, 4.69) is 30.9 Å². The molecule has 0 aliphatic carbocycles. The van der Waals surface area contributed by atoms with E-state index >= 15 is 0 Å². The van der Waals surface area contributed by atoms with Crippen LogP contribution < -0.4 is 15.4 Å². The van der Waals surface area contributed by atoms with Crippen molar-refractivity contribution in [1.82, 2.24) is 20.2 Å². The van der Waals surface area contributed by atoms with Crippen LogP contribution >= 0.6 is 34.8 Å². The molecular weight excluding hydrogens is 481 g/mol. The summed E-state index contributed by atoms with van der Waals surface area (Å²) in [4.78, 5) is 25.2. The lowest BCUT2D eigenvalue weighted by atomic mass is 10.1. The third-order valence-corrected chi connectivity index (χ3v) is 4.60. The molecular formula is C17H11Cl3F2N6O3. The molecule has 162 valence electrons. The molecule has 0 bridgehead atoms. The number of hydrogen-bond donors (Lipinski definition) is 2. The Bertz CT molecular complexity index is 1140. The molecule has 2 amide bonds. The average molecular weight is 492 g/mol. The van der Waals surface area contributed by atoms with E-state index in [1.807, 2.05) is 0 Å². The number of tetrazole rings is 1. The van der Waals surface area contributed by atoms with Gasteiger partial charge in [0.05, 0.1) is 10.6 Å². The van der Waals surface area contributed by atoms with Crippen LogP contribution in [0.3, 0.4) is 0 Å². The minimum Gasteiger partial charge on any atom is -0.433 e. The Kier molecular flexibility index (Phi) is 6.88. The van der Waals surface area contributed by atoms with E-state index in [1.165, 1.54) is 29.9 Å². The predicted octanol–water partition coefficient (Wildman–Crippen LogP) is 4.28. The van der Waals surface area contributed by atoms with Crippen LogP contribution in [0.15, 0.2) is 30.3 Å². The number of aryl methyl sites for hydroxylation is 1. The topological polar surface area (TPSA) is 111 Å². The van der Waals surface area contributed by atoms with Crippen LogP contribution in [0.4, 0.5) is 20.4 Å². The highest BCUT2D eigenvalue weighted by atomic mass is 35.5. The smallest absolute Gasteiger partial charge is 0.387 e. The quantitative estimate of drug-likeness (QED) is 0.533. The SMILES string of the molecule is Cn1nnnc1NC(=O)c1ccc(OC(F)F)c(NC(=O)c2cc(Cl)cc(Cl)c2)c1Cl. The standard InChI is InChI=1S/C17H11Cl3F2N6O3/c1-28-17(25-26-27-28)24-15(30)10-2-3-11(31-16(21)22)13(12(10)20)23-14(29)7-4-8(18)6-9(19)5-7/h2-6,16H,1H3,(H,23,29)(H,24,25,27,30). The van der Waals surface area contributed by atoms with Crippen molar-refractivity contribution >= 4 is 58.3 Å². The molecule has 9 nitrogen and oxygen atoms in total. The van der Waals surface area contributed by atoms with Crippen molar-refractivity contribution in [2.75, 3.05) is 10.6 Å². The molecule has 2 N–H and O–H groups in total. The van der Waals surface area contributed by atoms with E-state index in [0.717, 1.165) is 12.1 Å². The van der Waals surface area contributed by atoms with Crippen molar-refractivity contribution in [1.29, 1.82) is 0 Å². The number of anilines is 2. The second kappa shape index (κ2) is 9.41. The summed E-state index contributed by atoms with van der Waals surface area (Å²) in [5.74, 6) is -1.99. The van der Waals surface area contributed by atoms with Gasteiger partial charge in [0.2, 0.25) is 5.95 Å². The molecule has 0 aliphatic heterocycles. The van der Waals surface area contributed by atoms with E-state index in [-0.39, 0.29) is 37.8 Å². The zero-order valence-corrected chi connectivity index (χ0v) is 17.6. The van der Waals surface area contributed by atoms with Gasteiger partial charge in [0.1, 0.15) is 5.69 Å². The van der Waals surface area contributed by atoms with E-state index < -0.39 is 24.2 Å². The zero-order chi connectivity index (χ0) is 22.7. The van der Waals surface area contributed by atoms with Crippen LogP contribution in [0.25, 0.3) is 0 Å². The summed E-state index contributed by atoms with van der Waals surface area (Å²) < 4.78 is 31.3. The Morgan fingerprint density at radius 2 is 1.74 bits per heavy atom. The first-order chi connectivity index (χ1) is 14.7. The number of benzene rings is 2. The summed E-state index contributed by atoms with van der Waals surface area (Å²) in [6, 6.07) is 6.22. The van der Waals surface area contributed by atoms with Gasteiger partial charge in [0.25, 0.3) is 11.8 Å². The summed E-state index contributed by atoms with van der Waals surface area (Å²) >= 11 is 18.0. The van der Waals surface area contributed by atoms with Crippen LogP contribution in [0.1, 0.15) is 20.7 Å². The monoisotopic (exact) mass is 490 g/mol. The van der Waals surface area contributed by atoms with E-state index in [4.69, 9.17) is 34.8 Å². The molecule has 3 rings (SSSR count). The predicted molar refractivity (Wildman–Crippen MR) is 109 cm³/mol. The van der Waals surface area contributed by atoms with Gasteiger partial charge in [-0.1, -0.05) is 39.9 Å². The first-order valence-corrected chi connectivity index (χ1v) is 9.37. The number of aromatic nitrogens is 4. The molecule has 0 unspecified atom stereocenters. The number of nitrogens with zero attached hydrogens (tertiary/aromatic N) is 4. The number of ether oxygens (including phenoxy) is 1. The normalized spacial score (nSPS) is 10.8. The lowest BCUT2D eigenvalue weighted by Crippen LogP contribution is -2.18. The van der Waals surface area contributed by atoms with Gasteiger partial charge in [-0.15, -0.1) is 0 Å². The number of rotatable bonds is 6. The maximum atomic E-state index is 12.8. The fraction of sp³-hybridized carbons (Fsp3) is 0.118. The molecule has 0 aliphatic rings. The molecule has 1 heterocycles. The van der Waals surface area contributed by atoms with Crippen LogP contribution in [0.2, 0.25) is 15.1 Å². The second-order valence-electron chi connectivity index (χ2n) is 5.87. The van der Waals surface area contributed by atoms with E-state index in [1.54, 1.807) is 0 Å². The molecule has 1 aromatic heterocycles. The summed E-state index contributed by atoms with van der Waals surface area (Å²) in [7, 11) is 1.48. The Hall–Kier alpha value is -3.02. The summed E-state index contributed by atoms with van der Waals surface area (Å²) in [6.45, 7) is -3.21. The lowest BCUT2D eigenvalue weighted by molar-refractivity contribution is -0.0493. The Morgan fingerprint density at radius 1 is 1.06 bits per heavy atom. The number of nitrogens with one attached hydrogen (secondary N) is 2. The highest BCUT2D eigenvalue weighted by Gasteiger charge is 2.23. The van der Waals surface area contributed by atoms with Crippen molar-refractivity contribution in [3.8, 4) is 5.75 Å². The zero-order valence-electron chi connectivity index (χ0n) is 15.4. The number of amides is 2. The van der Waals surface area contributed by atoms with E-state index in [9.17, 15) is 18.4 Å². The largest absolute Gasteiger partial charge is 0.433 e. The van der Waals surface area contributed by atoms with Crippen molar-refractivity contribution in [3.63, 3.8) is 0 Å². The van der Waals surface area contributed by atoms with E-state index in [0.29, 0.717) is 0 Å². The van der Waals surface area contributed by atoms with Gasteiger partial charge in [0, 0.05) is 22.7 Å². The van der Waals surface area contributed by atoms with Crippen LogP contribution in [0, 0.1) is 0 Å². The van der Waals surface area contributed by atoms with Crippen molar-refractivity contribution in [2.24, 2.45) is 7.05 Å². The molecule has 0 fully saturated rings. The van der Waals surface area contributed by atoms with Crippen molar-refractivity contribution < 1.29 is 23.1 Å². The van der Waals surface area contributed by atoms with Crippen molar-refractivity contribution in [2.45, 2.75) is 6.61 Å². The summed E-state index contributed by atoms with van der Waals surface area (Å²) in [5, 5.41) is 15.3. The number of carbonyl (C=O) groups excluding carboxylic acids is 2. The van der Waals surface area contributed by atoms with Gasteiger partial charge in [-0.05, 0) is 40.8 Å². The van der Waals surface area contributed by atoms with Gasteiger partial charge < -0.3 is 10.1 Å². The molecule has 2 aromatic carbocycles. The molecule has 0 radical (unpaired) electrons. The van der Waals surface area contributed by atoms with Gasteiger partial charge in [-0.3, -0.25) is 14.9 Å². The summed E-state index contributed by atoms with van der Waals surface area (Å²) in [6.07, 6.45) is 0. The van der Waals surface area contributed by atoms with Gasteiger partial charge in [-0.2, -0.15) is 8.78 Å². The summed E-state index contributed by atoms with van der Waals surface area (Å²) in [5.41, 5.74) is -0.492. The first kappa shape index (κ1) is 22.7. The van der Waals surface area contributed by atoms with Crippen LogP contribution in [0.5, 0.6) is 5.75 Å². The first-order valence-electron chi connectivity index (χ1n) is 8.24. The molecule has 31 heavy (non-hydrogen) atoms. The lowest BCUT2D eigenvalue weighted by Gasteiger charge is -2.16. The van der Waals surface area contributed by atoms with Crippen LogP contribution in [-0.4, -0.2) is 38.6 Å². The maximum absolute atomic E-state index is 12.8. The number of halogens is 5. The third kappa shape index (κ3) is 5.37. The van der Waals surface area contributed by atoms with Gasteiger partial charge >= 0.3 is 6.61 Å². The molecule has 0 saturated heterocycles. The molecule has 0 spiro atoms. The molecule has 0 saturated carbocycles. The Labute approximate surface area is 188 Å². The van der Waals surface area contributed by atoms with Crippen molar-refractivity contribution in [3.05, 3.63) is 56.5 Å². The third-order valence-electron chi connectivity index (χ3n) is 3.77. The maximum Gasteiger partial charge on any atom is 0.387 e. The van der Waals surface area contributed by atoms with Gasteiger partial charge in [-0.25, -0.2) is 4.68 Å². The van der Waals surface area contributed by atoms with Gasteiger partial charge in [0.15, 0.2) is 5.75 Å². The molecule has 0 atom stereocenters. The number of carbonyl (C=O) groups is 2.